The number of nitrogens with one attached hydrogen (secondary N) is 1. The van der Waals surface area contributed by atoms with Crippen LogP contribution in [0.3, 0.4) is 0 Å². The molecule has 1 aromatic carbocycles. The van der Waals surface area contributed by atoms with E-state index in [2.05, 4.69) is 26.1 Å². The Hall–Kier alpha value is -1.80. The molecule has 0 aliphatic heterocycles. The van der Waals surface area contributed by atoms with Crippen LogP contribution in [-0.2, 0) is 9.22 Å². The van der Waals surface area contributed by atoms with E-state index in [1.807, 2.05) is 13.1 Å². The van der Waals surface area contributed by atoms with Crippen LogP contribution < -0.4 is 5.32 Å². The maximum absolute atomic E-state index is 13.6. The van der Waals surface area contributed by atoms with Crippen molar-refractivity contribution in [1.82, 2.24) is 5.32 Å². The molecule has 2 N–H and O–H groups in total. The lowest BCUT2D eigenvalue weighted by molar-refractivity contribution is -0.139. The standard InChI is InChI=1S/C17H25F2NO4Si/c1-17(2,3)25(4,5)24-9-8-14(16(22)23)20-15(21)12-7-6-11(18)10-13(12)19/h6-7,10,14H,8-9H2,1-5H3,(H,20,21)(H,22,23)/t14-/m0/s1. The zero-order valence-corrected chi connectivity index (χ0v) is 16.2. The van der Waals surface area contributed by atoms with E-state index < -0.39 is 43.4 Å². The van der Waals surface area contributed by atoms with Crippen LogP contribution in [0.2, 0.25) is 18.1 Å². The molecule has 0 fully saturated rings. The number of hydrogen-bond acceptors (Lipinski definition) is 3. The molecular weight excluding hydrogens is 348 g/mol. The van der Waals surface area contributed by atoms with Gasteiger partial charge in [0.1, 0.15) is 17.7 Å². The van der Waals surface area contributed by atoms with Crippen molar-refractivity contribution in [2.75, 3.05) is 6.61 Å². The Bertz CT molecular complexity index is 644. The molecular formula is C17H25F2NO4Si. The maximum atomic E-state index is 13.6. The largest absolute Gasteiger partial charge is 0.480 e. The molecule has 1 amide bonds. The molecule has 0 aliphatic carbocycles. The van der Waals surface area contributed by atoms with Crippen LogP contribution in [-0.4, -0.2) is 37.9 Å². The average Bonchev–Trinajstić information content (AvgIpc) is 2.44. The van der Waals surface area contributed by atoms with Gasteiger partial charge in [0.15, 0.2) is 8.32 Å². The zero-order chi connectivity index (χ0) is 19.4. The first-order chi connectivity index (χ1) is 11.3. The summed E-state index contributed by atoms with van der Waals surface area (Å²) in [5.41, 5.74) is -0.405. The van der Waals surface area contributed by atoms with Crippen LogP contribution in [0.15, 0.2) is 18.2 Å². The van der Waals surface area contributed by atoms with Gasteiger partial charge in [-0.25, -0.2) is 13.6 Å². The molecule has 0 spiro atoms. The predicted molar refractivity (Wildman–Crippen MR) is 93.0 cm³/mol. The average molecular weight is 373 g/mol. The highest BCUT2D eigenvalue weighted by Crippen LogP contribution is 2.36. The summed E-state index contributed by atoms with van der Waals surface area (Å²) < 4.78 is 32.4. The molecule has 0 unspecified atom stereocenters. The van der Waals surface area contributed by atoms with Crippen molar-refractivity contribution in [1.29, 1.82) is 0 Å². The highest BCUT2D eigenvalue weighted by atomic mass is 28.4. The van der Waals surface area contributed by atoms with Gasteiger partial charge in [-0.2, -0.15) is 0 Å². The summed E-state index contributed by atoms with van der Waals surface area (Å²) in [5, 5.41) is 11.5. The van der Waals surface area contributed by atoms with Gasteiger partial charge < -0.3 is 14.8 Å². The van der Waals surface area contributed by atoms with E-state index in [1.165, 1.54) is 0 Å². The van der Waals surface area contributed by atoms with E-state index in [0.29, 0.717) is 6.07 Å². The lowest BCUT2D eigenvalue weighted by Crippen LogP contribution is -2.44. The highest BCUT2D eigenvalue weighted by Gasteiger charge is 2.37. The Morgan fingerprint density at radius 2 is 1.88 bits per heavy atom. The molecule has 0 aromatic heterocycles. The van der Waals surface area contributed by atoms with Crippen LogP contribution >= 0.6 is 0 Å². The number of hydrogen-bond donors (Lipinski definition) is 2. The smallest absolute Gasteiger partial charge is 0.326 e. The van der Waals surface area contributed by atoms with Gasteiger partial charge in [0.2, 0.25) is 0 Å². The number of rotatable bonds is 7. The Balaban J connectivity index is 2.72. The van der Waals surface area contributed by atoms with E-state index >= 15 is 0 Å². The normalized spacial score (nSPS) is 13.4. The maximum Gasteiger partial charge on any atom is 0.326 e. The third-order valence-electron chi connectivity index (χ3n) is 4.45. The van der Waals surface area contributed by atoms with Gasteiger partial charge in [-0.05, 0) is 30.3 Å². The molecule has 5 nitrogen and oxygen atoms in total. The molecule has 8 heteroatoms. The quantitative estimate of drug-likeness (QED) is 0.717. The number of carboxylic acids is 1. The summed E-state index contributed by atoms with van der Waals surface area (Å²) in [4.78, 5) is 23.4. The molecule has 0 bridgehead atoms. The van der Waals surface area contributed by atoms with Crippen molar-refractivity contribution in [3.05, 3.63) is 35.4 Å². The van der Waals surface area contributed by atoms with Crippen molar-refractivity contribution in [3.63, 3.8) is 0 Å². The number of halogens is 2. The minimum absolute atomic E-state index is 0.0216. The van der Waals surface area contributed by atoms with E-state index in [4.69, 9.17) is 4.43 Å². The van der Waals surface area contributed by atoms with Crippen molar-refractivity contribution in [2.24, 2.45) is 0 Å². The first kappa shape index (κ1) is 21.2. The minimum atomic E-state index is -2.03. The van der Waals surface area contributed by atoms with Gasteiger partial charge in [-0.1, -0.05) is 20.8 Å². The first-order valence-electron chi connectivity index (χ1n) is 7.98. The van der Waals surface area contributed by atoms with E-state index in [9.17, 15) is 23.5 Å². The monoisotopic (exact) mass is 373 g/mol. The topological polar surface area (TPSA) is 75.6 Å². The van der Waals surface area contributed by atoms with E-state index in [0.717, 1.165) is 12.1 Å². The molecule has 0 radical (unpaired) electrons. The fourth-order valence-electron chi connectivity index (χ4n) is 1.82. The lowest BCUT2D eigenvalue weighted by Gasteiger charge is -2.36. The highest BCUT2D eigenvalue weighted by molar-refractivity contribution is 6.74. The Kier molecular flexibility index (Phi) is 6.84. The molecule has 0 saturated heterocycles. The molecule has 140 valence electrons. The molecule has 1 aromatic rings. The predicted octanol–water partition coefficient (Wildman–Crippen LogP) is 3.56. The van der Waals surface area contributed by atoms with Crippen LogP contribution in [0.25, 0.3) is 0 Å². The third-order valence-corrected chi connectivity index (χ3v) is 8.99. The lowest BCUT2D eigenvalue weighted by atomic mass is 10.1. The molecule has 0 aliphatic rings. The van der Waals surface area contributed by atoms with Crippen LogP contribution in [0.4, 0.5) is 8.78 Å². The minimum Gasteiger partial charge on any atom is -0.480 e. The zero-order valence-electron chi connectivity index (χ0n) is 15.2. The fraction of sp³-hybridized carbons (Fsp3) is 0.529. The van der Waals surface area contributed by atoms with Gasteiger partial charge in [0, 0.05) is 19.1 Å². The summed E-state index contributed by atoms with van der Waals surface area (Å²) in [6.45, 7) is 10.4. The van der Waals surface area contributed by atoms with E-state index in [-0.39, 0.29) is 18.1 Å². The van der Waals surface area contributed by atoms with Crippen LogP contribution in [0, 0.1) is 11.6 Å². The Morgan fingerprint density at radius 1 is 1.28 bits per heavy atom. The summed E-state index contributed by atoms with van der Waals surface area (Å²) in [6, 6.07) is 1.27. The number of amides is 1. The SMILES string of the molecule is CC(C)(C)[Si](C)(C)OCC[C@H](NC(=O)c1ccc(F)cc1F)C(=O)O. The summed E-state index contributed by atoms with van der Waals surface area (Å²) in [6.07, 6.45) is 0.0520. The molecule has 1 atom stereocenters. The van der Waals surface area contributed by atoms with Gasteiger partial charge in [-0.15, -0.1) is 0 Å². The fourth-order valence-corrected chi connectivity index (χ4v) is 2.88. The summed E-state index contributed by atoms with van der Waals surface area (Å²) >= 11 is 0. The molecule has 0 saturated carbocycles. The van der Waals surface area contributed by atoms with Gasteiger partial charge in [0.05, 0.1) is 5.56 Å². The van der Waals surface area contributed by atoms with Crippen LogP contribution in [0.1, 0.15) is 37.6 Å². The second kappa shape index (κ2) is 8.05. The molecule has 0 heterocycles. The third kappa shape index (κ3) is 5.89. The first-order valence-corrected chi connectivity index (χ1v) is 10.9. The van der Waals surface area contributed by atoms with Gasteiger partial charge >= 0.3 is 5.97 Å². The summed E-state index contributed by atoms with van der Waals surface area (Å²) in [5.74, 6) is -4.00. The van der Waals surface area contributed by atoms with Crippen molar-refractivity contribution >= 4 is 20.2 Å². The van der Waals surface area contributed by atoms with Crippen molar-refractivity contribution in [2.45, 2.75) is 51.4 Å². The van der Waals surface area contributed by atoms with Gasteiger partial charge in [0.25, 0.3) is 5.91 Å². The number of carbonyl (C=O) groups is 2. The second-order valence-corrected chi connectivity index (χ2v) is 12.2. The number of carboxylic acid groups (broad SMARTS) is 1. The number of benzene rings is 1. The Labute approximate surface area is 147 Å². The van der Waals surface area contributed by atoms with Crippen molar-refractivity contribution in [3.8, 4) is 0 Å². The second-order valence-electron chi connectivity index (χ2n) is 7.39. The number of aliphatic carboxylic acids is 1. The van der Waals surface area contributed by atoms with Crippen molar-refractivity contribution < 1.29 is 27.9 Å². The summed E-state index contributed by atoms with van der Waals surface area (Å²) in [7, 11) is -2.03. The molecule has 25 heavy (non-hydrogen) atoms. The Morgan fingerprint density at radius 3 is 2.36 bits per heavy atom. The van der Waals surface area contributed by atoms with Crippen LogP contribution in [0.5, 0.6) is 0 Å². The van der Waals surface area contributed by atoms with Gasteiger partial charge in [-0.3, -0.25) is 4.79 Å². The van der Waals surface area contributed by atoms with E-state index in [1.54, 1.807) is 0 Å². The number of carbonyl (C=O) groups excluding carboxylic acids is 1. The molecule has 1 rings (SSSR count).